The maximum atomic E-state index is 13.1. The van der Waals surface area contributed by atoms with Crippen molar-refractivity contribution >= 4 is 28.9 Å². The Labute approximate surface area is 135 Å². The van der Waals surface area contributed by atoms with E-state index in [1.165, 1.54) is 23.0 Å². The third-order valence-electron chi connectivity index (χ3n) is 3.44. The van der Waals surface area contributed by atoms with Crippen molar-refractivity contribution in [2.45, 2.75) is 25.3 Å². The van der Waals surface area contributed by atoms with Crippen LogP contribution in [0.5, 0.6) is 0 Å². The molecule has 23 heavy (non-hydrogen) atoms. The van der Waals surface area contributed by atoms with Crippen LogP contribution in [0, 0.1) is 15.9 Å². The number of amides is 1. The topological polar surface area (TPSA) is 90.1 Å². The Balaban J connectivity index is 1.71. The molecular formula is C14H12ClFN4O3. The molecule has 1 aromatic heterocycles. The number of aromatic nitrogens is 2. The fourth-order valence-electron chi connectivity index (χ4n) is 2.22. The Morgan fingerprint density at radius 1 is 1.52 bits per heavy atom. The van der Waals surface area contributed by atoms with E-state index in [2.05, 4.69) is 10.4 Å². The molecule has 1 saturated carbocycles. The summed E-state index contributed by atoms with van der Waals surface area (Å²) < 4.78 is 14.3. The fourth-order valence-corrected chi connectivity index (χ4v) is 2.40. The van der Waals surface area contributed by atoms with Crippen LogP contribution in [0.3, 0.4) is 0 Å². The minimum atomic E-state index is -0.582. The lowest BCUT2D eigenvalue weighted by molar-refractivity contribution is -0.385. The summed E-state index contributed by atoms with van der Waals surface area (Å²) in [5, 5.41) is 17.6. The monoisotopic (exact) mass is 338 g/mol. The maximum Gasteiger partial charge on any atom is 0.310 e. The lowest BCUT2D eigenvalue weighted by Crippen LogP contribution is -2.19. The lowest BCUT2D eigenvalue weighted by atomic mass is 10.3. The largest absolute Gasteiger partial charge is 0.324 e. The van der Waals surface area contributed by atoms with E-state index in [4.69, 9.17) is 11.6 Å². The summed E-state index contributed by atoms with van der Waals surface area (Å²) in [5.74, 6) is -0.913. The van der Waals surface area contributed by atoms with Gasteiger partial charge in [-0.25, -0.2) is 4.39 Å². The summed E-state index contributed by atoms with van der Waals surface area (Å²) in [6.07, 6.45) is 3.00. The summed E-state index contributed by atoms with van der Waals surface area (Å²) in [7, 11) is 0. The number of carbonyl (C=O) groups excluding carboxylic acids is 1. The number of hydrogen-bond acceptors (Lipinski definition) is 4. The Morgan fingerprint density at radius 2 is 2.26 bits per heavy atom. The zero-order chi connectivity index (χ0) is 16.6. The highest BCUT2D eigenvalue weighted by Crippen LogP contribution is 2.43. The molecule has 0 unspecified atom stereocenters. The second kappa shape index (κ2) is 5.96. The number of anilines is 1. The first-order chi connectivity index (χ1) is 10.9. The van der Waals surface area contributed by atoms with Crippen molar-refractivity contribution in [2.75, 3.05) is 5.32 Å². The number of nitrogens with zero attached hydrogens (tertiary/aromatic N) is 3. The summed E-state index contributed by atoms with van der Waals surface area (Å²) in [4.78, 5) is 22.5. The first-order valence-corrected chi connectivity index (χ1v) is 7.28. The van der Waals surface area contributed by atoms with Crippen LogP contribution >= 0.6 is 11.6 Å². The van der Waals surface area contributed by atoms with E-state index in [-0.39, 0.29) is 23.2 Å². The molecule has 7 nitrogen and oxygen atoms in total. The van der Waals surface area contributed by atoms with Crippen molar-refractivity contribution in [1.82, 2.24) is 9.78 Å². The summed E-state index contributed by atoms with van der Waals surface area (Å²) in [5.41, 5.74) is 0.697. The Hall–Kier alpha value is -2.48. The van der Waals surface area contributed by atoms with Crippen molar-refractivity contribution in [3.63, 3.8) is 0 Å². The molecule has 1 fully saturated rings. The van der Waals surface area contributed by atoms with Crippen LogP contribution < -0.4 is 5.32 Å². The SMILES string of the molecule is O=C(Cn1cc([N+](=O)[O-])c(C2CC2)n1)Nc1ccc(F)c(Cl)c1. The molecule has 1 aliphatic carbocycles. The molecule has 1 aliphatic rings. The van der Waals surface area contributed by atoms with Gasteiger partial charge < -0.3 is 5.32 Å². The minimum Gasteiger partial charge on any atom is -0.324 e. The zero-order valence-corrected chi connectivity index (χ0v) is 12.6. The van der Waals surface area contributed by atoms with E-state index >= 15 is 0 Å². The Morgan fingerprint density at radius 3 is 2.87 bits per heavy atom. The molecule has 1 aromatic carbocycles. The van der Waals surface area contributed by atoms with Gasteiger partial charge in [-0.3, -0.25) is 19.6 Å². The molecule has 0 saturated heterocycles. The summed E-state index contributed by atoms with van der Waals surface area (Å²) in [6, 6.07) is 3.80. The van der Waals surface area contributed by atoms with Crippen molar-refractivity contribution in [3.8, 4) is 0 Å². The molecule has 0 radical (unpaired) electrons. The number of rotatable bonds is 5. The molecule has 0 bridgehead atoms. The molecule has 9 heteroatoms. The standard InChI is InChI=1S/C14H12ClFN4O3/c15-10-5-9(3-4-11(10)16)17-13(21)7-19-6-12(20(22)23)14(18-19)8-1-2-8/h3-6,8H,1-2,7H2,(H,17,21). The van der Waals surface area contributed by atoms with Crippen LogP contribution in [-0.4, -0.2) is 20.6 Å². The average molecular weight is 339 g/mol. The second-order valence-corrected chi connectivity index (χ2v) is 5.71. The van der Waals surface area contributed by atoms with Gasteiger partial charge in [0.05, 0.1) is 9.95 Å². The number of nitro groups is 1. The highest BCUT2D eigenvalue weighted by atomic mass is 35.5. The second-order valence-electron chi connectivity index (χ2n) is 5.31. The normalized spacial score (nSPS) is 13.8. The molecule has 120 valence electrons. The summed E-state index contributed by atoms with van der Waals surface area (Å²) >= 11 is 5.64. The van der Waals surface area contributed by atoms with E-state index in [0.717, 1.165) is 18.9 Å². The molecule has 0 spiro atoms. The molecule has 1 amide bonds. The third-order valence-corrected chi connectivity index (χ3v) is 3.73. The van der Waals surface area contributed by atoms with Gasteiger partial charge in [0, 0.05) is 11.6 Å². The highest BCUT2D eigenvalue weighted by Gasteiger charge is 2.34. The van der Waals surface area contributed by atoms with Gasteiger partial charge in [0.1, 0.15) is 24.3 Å². The van der Waals surface area contributed by atoms with E-state index in [1.807, 2.05) is 0 Å². The van der Waals surface area contributed by atoms with Crippen LogP contribution in [0.4, 0.5) is 15.8 Å². The highest BCUT2D eigenvalue weighted by molar-refractivity contribution is 6.31. The molecule has 1 heterocycles. The minimum absolute atomic E-state index is 0.0647. The van der Waals surface area contributed by atoms with Gasteiger partial charge in [-0.05, 0) is 31.0 Å². The molecule has 2 aromatic rings. The number of benzene rings is 1. The van der Waals surface area contributed by atoms with Crippen molar-refractivity contribution in [3.05, 3.63) is 51.0 Å². The van der Waals surface area contributed by atoms with E-state index in [1.54, 1.807) is 0 Å². The predicted molar refractivity (Wildman–Crippen MR) is 80.9 cm³/mol. The molecule has 3 rings (SSSR count). The fraction of sp³-hybridized carbons (Fsp3) is 0.286. The maximum absolute atomic E-state index is 13.1. The Kier molecular flexibility index (Phi) is 3.99. The average Bonchev–Trinajstić information content (AvgIpc) is 3.24. The van der Waals surface area contributed by atoms with Crippen molar-refractivity contribution in [1.29, 1.82) is 0 Å². The summed E-state index contributed by atoms with van der Waals surface area (Å²) in [6.45, 7) is -0.178. The quantitative estimate of drug-likeness (QED) is 0.670. The first-order valence-electron chi connectivity index (χ1n) is 6.90. The van der Waals surface area contributed by atoms with Gasteiger partial charge in [-0.1, -0.05) is 11.6 Å². The van der Waals surface area contributed by atoms with E-state index in [9.17, 15) is 19.3 Å². The lowest BCUT2D eigenvalue weighted by Gasteiger charge is -2.06. The van der Waals surface area contributed by atoms with Crippen molar-refractivity contribution < 1.29 is 14.1 Å². The van der Waals surface area contributed by atoms with Gasteiger partial charge in [-0.15, -0.1) is 0 Å². The molecule has 0 aliphatic heterocycles. The number of nitrogens with one attached hydrogen (secondary N) is 1. The van der Waals surface area contributed by atoms with Crippen LogP contribution in [0.2, 0.25) is 5.02 Å². The van der Waals surface area contributed by atoms with Crippen LogP contribution in [0.25, 0.3) is 0 Å². The number of carbonyl (C=O) groups is 1. The van der Waals surface area contributed by atoms with E-state index < -0.39 is 16.6 Å². The van der Waals surface area contributed by atoms with Gasteiger partial charge in [0.25, 0.3) is 0 Å². The zero-order valence-electron chi connectivity index (χ0n) is 11.8. The van der Waals surface area contributed by atoms with E-state index in [0.29, 0.717) is 11.4 Å². The molecule has 0 atom stereocenters. The van der Waals surface area contributed by atoms with Crippen LogP contribution in [-0.2, 0) is 11.3 Å². The predicted octanol–water partition coefficient (Wildman–Crippen LogP) is 3.10. The third kappa shape index (κ3) is 3.48. The van der Waals surface area contributed by atoms with Crippen LogP contribution in [0.1, 0.15) is 24.5 Å². The smallest absolute Gasteiger partial charge is 0.310 e. The van der Waals surface area contributed by atoms with Crippen LogP contribution in [0.15, 0.2) is 24.4 Å². The molecular weight excluding hydrogens is 327 g/mol. The van der Waals surface area contributed by atoms with Gasteiger partial charge in [0.2, 0.25) is 5.91 Å². The van der Waals surface area contributed by atoms with Gasteiger partial charge in [0.15, 0.2) is 0 Å². The first kappa shape index (κ1) is 15.4. The van der Waals surface area contributed by atoms with Gasteiger partial charge in [-0.2, -0.15) is 5.10 Å². The Bertz CT molecular complexity index is 788. The molecule has 1 N–H and O–H groups in total. The number of halogens is 2. The number of hydrogen-bond donors (Lipinski definition) is 1. The van der Waals surface area contributed by atoms with Gasteiger partial charge >= 0.3 is 5.69 Å². The van der Waals surface area contributed by atoms with Crippen molar-refractivity contribution in [2.24, 2.45) is 0 Å².